The van der Waals surface area contributed by atoms with Crippen molar-refractivity contribution in [3.63, 3.8) is 0 Å². The van der Waals surface area contributed by atoms with E-state index in [0.29, 0.717) is 0 Å². The van der Waals surface area contributed by atoms with Gasteiger partial charge in [-0.2, -0.15) is 0 Å². The molecule has 0 saturated heterocycles. The molecule has 0 aliphatic rings. The van der Waals surface area contributed by atoms with Crippen LogP contribution in [0.4, 0.5) is 0 Å². The zero-order chi connectivity index (χ0) is 7.66. The Hall–Kier alpha value is -0.460. The molecule has 0 aromatic rings. The topological polar surface area (TPSA) is 12.0 Å². The lowest BCUT2D eigenvalue weighted by Crippen LogP contribution is -2.00. The van der Waals surface area contributed by atoms with Crippen molar-refractivity contribution in [3.8, 4) is 0 Å². The zero-order valence-corrected chi connectivity index (χ0v) is 7.19. The minimum atomic E-state index is 1.03. The Morgan fingerprint density at radius 1 is 1.20 bits per heavy atom. The Kier molecular flexibility index (Phi) is 8.15. The predicted octanol–water partition coefficient (Wildman–Crippen LogP) is 2.69. The van der Waals surface area contributed by atoms with Crippen LogP contribution in [0.1, 0.15) is 39.5 Å². The van der Waals surface area contributed by atoms with Gasteiger partial charge >= 0.3 is 0 Å². The summed E-state index contributed by atoms with van der Waals surface area (Å²) in [5.41, 5.74) is 0. The van der Waals surface area contributed by atoms with Crippen molar-refractivity contribution in [1.82, 2.24) is 5.32 Å². The first kappa shape index (κ1) is 9.54. The van der Waals surface area contributed by atoms with Crippen LogP contribution in [0.5, 0.6) is 0 Å². The van der Waals surface area contributed by atoms with Crippen molar-refractivity contribution < 1.29 is 0 Å². The highest BCUT2D eigenvalue weighted by atomic mass is 14.8. The largest absolute Gasteiger partial charge is 0.391 e. The van der Waals surface area contributed by atoms with E-state index < -0.39 is 0 Å². The van der Waals surface area contributed by atoms with Crippen LogP contribution in [0.15, 0.2) is 12.3 Å². The monoisotopic (exact) mass is 141 g/mol. The molecule has 0 aliphatic heterocycles. The Morgan fingerprint density at radius 3 is 2.60 bits per heavy atom. The summed E-state index contributed by atoms with van der Waals surface area (Å²) in [5.74, 6) is 0. The quantitative estimate of drug-likeness (QED) is 0.561. The predicted molar refractivity (Wildman–Crippen MR) is 47.0 cm³/mol. The van der Waals surface area contributed by atoms with Gasteiger partial charge in [0.1, 0.15) is 0 Å². The third kappa shape index (κ3) is 7.54. The second-order valence-corrected chi connectivity index (χ2v) is 2.46. The number of hydrogen-bond donors (Lipinski definition) is 1. The summed E-state index contributed by atoms with van der Waals surface area (Å²) in [6, 6.07) is 0. The van der Waals surface area contributed by atoms with E-state index in [0.717, 1.165) is 6.54 Å². The van der Waals surface area contributed by atoms with Crippen LogP contribution >= 0.6 is 0 Å². The number of rotatable bonds is 6. The Labute approximate surface area is 64.5 Å². The second kappa shape index (κ2) is 8.54. The maximum Gasteiger partial charge on any atom is 0.0112 e. The van der Waals surface area contributed by atoms with Crippen LogP contribution in [0.25, 0.3) is 0 Å². The van der Waals surface area contributed by atoms with E-state index in [1.54, 1.807) is 0 Å². The van der Waals surface area contributed by atoms with Crippen LogP contribution in [-0.4, -0.2) is 6.54 Å². The molecule has 0 rings (SSSR count). The molecule has 0 spiro atoms. The summed E-state index contributed by atoms with van der Waals surface area (Å²) in [5, 5.41) is 3.14. The van der Waals surface area contributed by atoms with Crippen LogP contribution in [0.3, 0.4) is 0 Å². The highest BCUT2D eigenvalue weighted by molar-refractivity contribution is 4.78. The lowest BCUT2D eigenvalue weighted by molar-refractivity contribution is 0.726. The third-order valence-corrected chi connectivity index (χ3v) is 1.41. The lowest BCUT2D eigenvalue weighted by Gasteiger charge is -1.92. The molecule has 0 heterocycles. The molecule has 0 unspecified atom stereocenters. The van der Waals surface area contributed by atoms with E-state index >= 15 is 0 Å². The Bertz CT molecular complexity index is 76.8. The summed E-state index contributed by atoms with van der Waals surface area (Å²) in [6.07, 6.45) is 9.49. The van der Waals surface area contributed by atoms with Crippen LogP contribution in [0, 0.1) is 0 Å². The van der Waals surface area contributed by atoms with Crippen molar-refractivity contribution >= 4 is 0 Å². The van der Waals surface area contributed by atoms with Gasteiger partial charge in [-0.3, -0.25) is 0 Å². The van der Waals surface area contributed by atoms with Gasteiger partial charge in [-0.1, -0.05) is 25.8 Å². The zero-order valence-electron chi connectivity index (χ0n) is 7.19. The molecule has 0 saturated carbocycles. The molecule has 0 fully saturated rings. The van der Waals surface area contributed by atoms with Gasteiger partial charge in [-0.25, -0.2) is 0 Å². The van der Waals surface area contributed by atoms with E-state index in [9.17, 15) is 0 Å². The van der Waals surface area contributed by atoms with Gasteiger partial charge in [0.05, 0.1) is 0 Å². The highest BCUT2D eigenvalue weighted by Crippen LogP contribution is 1.98. The van der Waals surface area contributed by atoms with Crippen LogP contribution in [0.2, 0.25) is 0 Å². The summed E-state index contributed by atoms with van der Waals surface area (Å²) < 4.78 is 0. The van der Waals surface area contributed by atoms with Crippen molar-refractivity contribution in [3.05, 3.63) is 12.3 Å². The molecule has 1 nitrogen and oxygen atoms in total. The standard InChI is InChI=1S/C9H19N/c1-3-5-6-7-8-9-10-4-2/h8-10H,3-7H2,1-2H3/b9-8-. The Morgan fingerprint density at radius 2 is 2.00 bits per heavy atom. The van der Waals surface area contributed by atoms with E-state index in [4.69, 9.17) is 0 Å². The third-order valence-electron chi connectivity index (χ3n) is 1.41. The summed E-state index contributed by atoms with van der Waals surface area (Å²) in [6.45, 7) is 5.37. The van der Waals surface area contributed by atoms with Crippen molar-refractivity contribution in [2.24, 2.45) is 0 Å². The molecular weight excluding hydrogens is 122 g/mol. The van der Waals surface area contributed by atoms with E-state index in [2.05, 4.69) is 31.4 Å². The van der Waals surface area contributed by atoms with Crippen LogP contribution in [-0.2, 0) is 0 Å². The van der Waals surface area contributed by atoms with Gasteiger partial charge in [0, 0.05) is 6.54 Å². The lowest BCUT2D eigenvalue weighted by atomic mass is 10.2. The number of hydrogen-bond acceptors (Lipinski definition) is 1. The smallest absolute Gasteiger partial charge is 0.0112 e. The van der Waals surface area contributed by atoms with Gasteiger partial charge in [-0.15, -0.1) is 0 Å². The summed E-state index contributed by atoms with van der Waals surface area (Å²) >= 11 is 0. The van der Waals surface area contributed by atoms with Gasteiger partial charge < -0.3 is 5.32 Å². The van der Waals surface area contributed by atoms with Gasteiger partial charge in [0.2, 0.25) is 0 Å². The molecule has 0 aromatic heterocycles. The van der Waals surface area contributed by atoms with Crippen molar-refractivity contribution in [2.45, 2.75) is 39.5 Å². The minimum absolute atomic E-state index is 1.03. The molecule has 0 bridgehead atoms. The molecular formula is C9H19N. The molecule has 0 aromatic carbocycles. The number of allylic oxidation sites excluding steroid dienone is 1. The van der Waals surface area contributed by atoms with Crippen LogP contribution < -0.4 is 5.32 Å². The van der Waals surface area contributed by atoms with Gasteiger partial charge in [-0.05, 0) is 26.0 Å². The molecule has 1 N–H and O–H groups in total. The van der Waals surface area contributed by atoms with Crippen molar-refractivity contribution in [2.75, 3.05) is 6.54 Å². The van der Waals surface area contributed by atoms with E-state index in [1.165, 1.54) is 25.7 Å². The molecule has 0 atom stereocenters. The van der Waals surface area contributed by atoms with Gasteiger partial charge in [0.25, 0.3) is 0 Å². The average molecular weight is 141 g/mol. The normalized spacial score (nSPS) is 10.6. The molecule has 0 aliphatic carbocycles. The number of nitrogens with one attached hydrogen (secondary N) is 1. The summed E-state index contributed by atoms with van der Waals surface area (Å²) in [7, 11) is 0. The number of unbranched alkanes of at least 4 members (excludes halogenated alkanes) is 3. The molecule has 0 amide bonds. The summed E-state index contributed by atoms with van der Waals surface area (Å²) in [4.78, 5) is 0. The maximum absolute atomic E-state index is 3.14. The molecule has 0 radical (unpaired) electrons. The highest BCUT2D eigenvalue weighted by Gasteiger charge is 1.79. The fraction of sp³-hybridized carbons (Fsp3) is 0.778. The first-order valence-electron chi connectivity index (χ1n) is 4.30. The average Bonchev–Trinajstić information content (AvgIpc) is 1.97. The van der Waals surface area contributed by atoms with E-state index in [-0.39, 0.29) is 0 Å². The molecule has 10 heavy (non-hydrogen) atoms. The Balaban J connectivity index is 2.88. The van der Waals surface area contributed by atoms with E-state index in [1.807, 2.05) is 0 Å². The second-order valence-electron chi connectivity index (χ2n) is 2.46. The first-order chi connectivity index (χ1) is 4.91. The molecule has 1 heteroatoms. The van der Waals surface area contributed by atoms with Crippen molar-refractivity contribution in [1.29, 1.82) is 0 Å². The minimum Gasteiger partial charge on any atom is -0.391 e. The SMILES string of the molecule is CCCCC/C=C\NCC. The fourth-order valence-electron chi connectivity index (χ4n) is 0.797. The first-order valence-corrected chi connectivity index (χ1v) is 4.30. The maximum atomic E-state index is 3.14. The van der Waals surface area contributed by atoms with Gasteiger partial charge in [0.15, 0.2) is 0 Å². The molecule has 60 valence electrons. The fourth-order valence-corrected chi connectivity index (χ4v) is 0.797.